The number of amides is 1. The molecule has 3 fully saturated rings. The summed E-state index contributed by atoms with van der Waals surface area (Å²) >= 11 is 0. The molecule has 5 nitrogen and oxygen atoms in total. The van der Waals surface area contributed by atoms with Crippen LogP contribution >= 0.6 is 0 Å². The third-order valence-corrected chi connectivity index (χ3v) is 6.73. The predicted molar refractivity (Wildman–Crippen MR) is 103 cm³/mol. The Hall–Kier alpha value is -1.66. The molecule has 2 atom stereocenters. The number of halogens is 1. The van der Waals surface area contributed by atoms with Crippen LogP contribution in [-0.4, -0.2) is 43.3 Å². The largest absolute Gasteiger partial charge is 0.393 e. The van der Waals surface area contributed by atoms with Crippen LogP contribution in [0.2, 0.25) is 0 Å². The van der Waals surface area contributed by atoms with Gasteiger partial charge >= 0.3 is 0 Å². The number of aliphatic hydroxyl groups excluding tert-OH is 1. The van der Waals surface area contributed by atoms with E-state index in [4.69, 9.17) is 0 Å². The minimum atomic E-state index is -0.284. The summed E-state index contributed by atoms with van der Waals surface area (Å²) in [6.07, 6.45) is 4.31. The molecule has 1 saturated carbocycles. The van der Waals surface area contributed by atoms with Crippen LogP contribution < -0.4 is 15.5 Å². The van der Waals surface area contributed by atoms with E-state index in [-0.39, 0.29) is 35.2 Å². The molecule has 1 aromatic carbocycles. The van der Waals surface area contributed by atoms with Crippen LogP contribution in [0.5, 0.6) is 0 Å². The molecule has 0 aromatic heterocycles. The van der Waals surface area contributed by atoms with Gasteiger partial charge in [-0.05, 0) is 75.7 Å². The first kappa shape index (κ1) is 18.7. The third kappa shape index (κ3) is 3.83. The molecule has 148 valence electrons. The van der Waals surface area contributed by atoms with Gasteiger partial charge < -0.3 is 20.6 Å². The molecule has 3 aliphatic rings. The van der Waals surface area contributed by atoms with E-state index in [1.165, 1.54) is 6.07 Å². The average molecular weight is 375 g/mol. The summed E-state index contributed by atoms with van der Waals surface area (Å²) in [5.41, 5.74) is 1.98. The normalized spacial score (nSPS) is 26.0. The highest BCUT2D eigenvalue weighted by atomic mass is 19.1. The summed E-state index contributed by atoms with van der Waals surface area (Å²) in [5, 5.41) is 16.3. The molecule has 2 aliphatic heterocycles. The molecule has 2 saturated heterocycles. The lowest BCUT2D eigenvalue weighted by Crippen LogP contribution is -2.38. The lowest BCUT2D eigenvalue weighted by molar-refractivity contribution is -0.123. The molecule has 4 rings (SSSR count). The fourth-order valence-corrected chi connectivity index (χ4v) is 4.85. The standard InChI is InChI=1S/C21H30FN3O2/c1-14(24-20(27)18-13-21(18)6-8-23-9-7-21)17-12-15(22)2-3-19(17)25-10-4-16(26)5-11-25/h2-3,12,14,16,18,23,26H,4-11,13H2,1H3,(H,24,27). The summed E-state index contributed by atoms with van der Waals surface area (Å²) in [6.45, 7) is 5.42. The van der Waals surface area contributed by atoms with Gasteiger partial charge in [0.05, 0.1) is 12.1 Å². The molecule has 0 radical (unpaired) electrons. The molecular formula is C21H30FN3O2. The molecule has 3 N–H and O–H groups in total. The van der Waals surface area contributed by atoms with Gasteiger partial charge in [0, 0.05) is 30.3 Å². The number of piperidine rings is 2. The Morgan fingerprint density at radius 2 is 2.04 bits per heavy atom. The molecular weight excluding hydrogens is 345 g/mol. The van der Waals surface area contributed by atoms with Crippen molar-refractivity contribution < 1.29 is 14.3 Å². The van der Waals surface area contributed by atoms with E-state index >= 15 is 0 Å². The zero-order valence-electron chi connectivity index (χ0n) is 16.0. The van der Waals surface area contributed by atoms with E-state index < -0.39 is 0 Å². The second-order valence-electron chi connectivity index (χ2n) is 8.52. The molecule has 1 aliphatic carbocycles. The highest BCUT2D eigenvalue weighted by molar-refractivity contribution is 5.83. The van der Waals surface area contributed by atoms with Crippen molar-refractivity contribution in [3.05, 3.63) is 29.6 Å². The van der Waals surface area contributed by atoms with Gasteiger partial charge in [-0.25, -0.2) is 4.39 Å². The molecule has 2 unspecified atom stereocenters. The Balaban J connectivity index is 1.46. The number of nitrogens with zero attached hydrogens (tertiary/aromatic N) is 1. The zero-order valence-corrected chi connectivity index (χ0v) is 16.0. The van der Waals surface area contributed by atoms with E-state index in [0.717, 1.165) is 69.5 Å². The molecule has 1 aromatic rings. The maximum Gasteiger partial charge on any atom is 0.224 e. The van der Waals surface area contributed by atoms with Crippen molar-refractivity contribution in [2.75, 3.05) is 31.1 Å². The van der Waals surface area contributed by atoms with E-state index in [1.54, 1.807) is 12.1 Å². The topological polar surface area (TPSA) is 64.6 Å². The number of hydrogen-bond donors (Lipinski definition) is 3. The Morgan fingerprint density at radius 1 is 1.33 bits per heavy atom. The van der Waals surface area contributed by atoms with Crippen LogP contribution in [0.1, 0.15) is 50.6 Å². The summed E-state index contributed by atoms with van der Waals surface area (Å²) in [4.78, 5) is 15.0. The van der Waals surface area contributed by atoms with Crippen molar-refractivity contribution in [1.29, 1.82) is 0 Å². The van der Waals surface area contributed by atoms with Crippen LogP contribution in [0.4, 0.5) is 10.1 Å². The summed E-state index contributed by atoms with van der Waals surface area (Å²) < 4.78 is 14.0. The fraction of sp³-hybridized carbons (Fsp3) is 0.667. The SMILES string of the molecule is CC(NC(=O)C1CC12CCNCC2)c1cc(F)ccc1N1CCC(O)CC1. The van der Waals surface area contributed by atoms with E-state index in [9.17, 15) is 14.3 Å². The monoisotopic (exact) mass is 375 g/mol. The van der Waals surface area contributed by atoms with Gasteiger partial charge in [-0.2, -0.15) is 0 Å². The predicted octanol–water partition coefficient (Wildman–Crippen LogP) is 2.35. The molecule has 1 amide bonds. The first-order valence-corrected chi connectivity index (χ1v) is 10.2. The number of anilines is 1. The van der Waals surface area contributed by atoms with Crippen molar-refractivity contribution in [3.8, 4) is 0 Å². The Morgan fingerprint density at radius 3 is 2.74 bits per heavy atom. The second-order valence-corrected chi connectivity index (χ2v) is 8.52. The van der Waals surface area contributed by atoms with Crippen LogP contribution in [-0.2, 0) is 4.79 Å². The number of nitrogens with one attached hydrogen (secondary N) is 2. The first-order chi connectivity index (χ1) is 13.0. The number of carbonyl (C=O) groups excluding carboxylic acids is 1. The van der Waals surface area contributed by atoms with E-state index in [1.807, 2.05) is 6.92 Å². The van der Waals surface area contributed by atoms with Crippen molar-refractivity contribution in [3.63, 3.8) is 0 Å². The second kappa shape index (κ2) is 7.40. The molecule has 0 bridgehead atoms. The lowest BCUT2D eigenvalue weighted by Gasteiger charge is -2.34. The quantitative estimate of drug-likeness (QED) is 0.756. The number of benzene rings is 1. The van der Waals surface area contributed by atoms with Crippen LogP contribution in [0, 0.1) is 17.2 Å². The van der Waals surface area contributed by atoms with Gasteiger partial charge in [-0.15, -0.1) is 0 Å². The van der Waals surface area contributed by atoms with E-state index in [0.29, 0.717) is 0 Å². The van der Waals surface area contributed by atoms with Crippen LogP contribution in [0.3, 0.4) is 0 Å². The van der Waals surface area contributed by atoms with E-state index in [2.05, 4.69) is 15.5 Å². The summed E-state index contributed by atoms with van der Waals surface area (Å²) in [5.74, 6) is -0.0778. The Bertz CT molecular complexity index is 697. The average Bonchev–Trinajstić information content (AvgIpc) is 3.36. The fourth-order valence-electron chi connectivity index (χ4n) is 4.85. The van der Waals surface area contributed by atoms with Gasteiger partial charge in [-0.3, -0.25) is 4.79 Å². The summed E-state index contributed by atoms with van der Waals surface area (Å²) in [7, 11) is 0. The van der Waals surface area contributed by atoms with Crippen molar-refractivity contribution in [1.82, 2.24) is 10.6 Å². The van der Waals surface area contributed by atoms with Gasteiger partial charge in [0.1, 0.15) is 5.82 Å². The minimum absolute atomic E-state index is 0.101. The van der Waals surface area contributed by atoms with Crippen LogP contribution in [0.15, 0.2) is 18.2 Å². The smallest absolute Gasteiger partial charge is 0.224 e. The maximum atomic E-state index is 14.0. The number of hydrogen-bond acceptors (Lipinski definition) is 4. The number of rotatable bonds is 4. The van der Waals surface area contributed by atoms with Crippen LogP contribution in [0.25, 0.3) is 0 Å². The molecule has 2 heterocycles. The third-order valence-electron chi connectivity index (χ3n) is 6.73. The Kier molecular flexibility index (Phi) is 5.12. The molecule has 27 heavy (non-hydrogen) atoms. The first-order valence-electron chi connectivity index (χ1n) is 10.2. The maximum absolute atomic E-state index is 14.0. The van der Waals surface area contributed by atoms with Gasteiger partial charge in [-0.1, -0.05) is 0 Å². The van der Waals surface area contributed by atoms with Crippen molar-refractivity contribution >= 4 is 11.6 Å². The van der Waals surface area contributed by atoms with Crippen molar-refractivity contribution in [2.24, 2.45) is 11.3 Å². The van der Waals surface area contributed by atoms with Gasteiger partial charge in [0.15, 0.2) is 0 Å². The summed E-state index contributed by atoms with van der Waals surface area (Å²) in [6, 6.07) is 4.58. The molecule has 6 heteroatoms. The highest BCUT2D eigenvalue weighted by Crippen LogP contribution is 2.58. The lowest BCUT2D eigenvalue weighted by atomic mass is 9.91. The minimum Gasteiger partial charge on any atom is -0.393 e. The number of aliphatic hydroxyl groups is 1. The Labute approximate surface area is 160 Å². The number of carbonyl (C=O) groups is 1. The molecule has 1 spiro atoms. The zero-order chi connectivity index (χ0) is 19.0. The van der Waals surface area contributed by atoms with Crippen molar-refractivity contribution in [2.45, 2.75) is 51.2 Å². The van der Waals surface area contributed by atoms with Gasteiger partial charge in [0.25, 0.3) is 0 Å². The van der Waals surface area contributed by atoms with Gasteiger partial charge in [0.2, 0.25) is 5.91 Å². The highest BCUT2D eigenvalue weighted by Gasteiger charge is 2.57.